The summed E-state index contributed by atoms with van der Waals surface area (Å²) in [6.45, 7) is 0. The van der Waals surface area contributed by atoms with Gasteiger partial charge in [-0.25, -0.2) is 4.79 Å². The number of halogens is 2. The summed E-state index contributed by atoms with van der Waals surface area (Å²) >= 11 is 9.47. The fourth-order valence-electron chi connectivity index (χ4n) is 4.24. The van der Waals surface area contributed by atoms with Crippen LogP contribution in [-0.4, -0.2) is 17.0 Å². The number of nitrogens with one attached hydrogen (secondary N) is 1. The summed E-state index contributed by atoms with van der Waals surface area (Å²) in [5, 5.41) is 13.0. The monoisotopic (exact) mass is 539 g/mol. The first kappa shape index (κ1) is 24.0. The Morgan fingerprint density at radius 2 is 1.62 bits per heavy atom. The number of aliphatic carboxylic acids is 1. The highest BCUT2D eigenvalue weighted by Crippen LogP contribution is 2.42. The summed E-state index contributed by atoms with van der Waals surface area (Å²) in [7, 11) is 0. The summed E-state index contributed by atoms with van der Waals surface area (Å²) < 4.78 is 6.69. The highest BCUT2D eigenvalue weighted by molar-refractivity contribution is 9.10. The summed E-state index contributed by atoms with van der Waals surface area (Å²) in [5.74, 6) is -0.230. The van der Waals surface area contributed by atoms with Crippen molar-refractivity contribution in [1.82, 2.24) is 5.32 Å². The molecule has 2 N–H and O–H groups in total. The van der Waals surface area contributed by atoms with Gasteiger partial charge in [-0.05, 0) is 82.4 Å². The lowest BCUT2D eigenvalue weighted by atomic mass is 9.78. The molecule has 0 unspecified atom stereocenters. The lowest BCUT2D eigenvalue weighted by Gasteiger charge is -2.28. The minimum absolute atomic E-state index is 0.176. The normalized spacial score (nSPS) is 15.1. The van der Waals surface area contributed by atoms with Crippen LogP contribution in [0.1, 0.15) is 36.8 Å². The third-order valence-corrected chi connectivity index (χ3v) is 6.93. The number of para-hydroxylation sites is 1. The van der Waals surface area contributed by atoms with Gasteiger partial charge >= 0.3 is 5.97 Å². The molecule has 1 aliphatic carbocycles. The van der Waals surface area contributed by atoms with Gasteiger partial charge < -0.3 is 15.2 Å². The zero-order chi connectivity index (χ0) is 24.1. The van der Waals surface area contributed by atoms with E-state index in [1.54, 1.807) is 36.4 Å². The molecule has 7 heteroatoms. The fraction of sp³-hybridized carbons (Fsp3) is 0.185. The van der Waals surface area contributed by atoms with E-state index < -0.39 is 11.4 Å². The topological polar surface area (TPSA) is 75.6 Å². The number of benzene rings is 3. The summed E-state index contributed by atoms with van der Waals surface area (Å²) in [4.78, 5) is 25.3. The van der Waals surface area contributed by atoms with Gasteiger partial charge in [0.05, 0.1) is 9.89 Å². The zero-order valence-electron chi connectivity index (χ0n) is 18.3. The molecule has 4 rings (SSSR count). The van der Waals surface area contributed by atoms with Crippen molar-refractivity contribution in [2.24, 2.45) is 0 Å². The Kier molecular flexibility index (Phi) is 7.39. The molecular weight excluding hydrogens is 518 g/mol. The van der Waals surface area contributed by atoms with E-state index in [2.05, 4.69) is 21.2 Å². The maximum Gasteiger partial charge on any atom is 0.352 e. The lowest BCUT2D eigenvalue weighted by Crippen LogP contribution is -2.43. The van der Waals surface area contributed by atoms with Crippen LogP contribution in [0.3, 0.4) is 0 Å². The maximum atomic E-state index is 13.4. The number of hydrogen-bond donors (Lipinski definition) is 2. The van der Waals surface area contributed by atoms with E-state index in [9.17, 15) is 14.7 Å². The summed E-state index contributed by atoms with van der Waals surface area (Å²) in [6.07, 6.45) is 4.58. The summed E-state index contributed by atoms with van der Waals surface area (Å²) in [5.41, 5.74) is 0.541. The molecule has 0 spiro atoms. The van der Waals surface area contributed by atoms with E-state index in [1.165, 1.54) is 6.08 Å². The second-order valence-corrected chi connectivity index (χ2v) is 9.51. The van der Waals surface area contributed by atoms with Crippen LogP contribution in [0.5, 0.6) is 11.5 Å². The Morgan fingerprint density at radius 1 is 0.971 bits per heavy atom. The Hall–Kier alpha value is -3.09. The highest BCUT2D eigenvalue weighted by atomic mass is 79.9. The number of ether oxygens (including phenoxy) is 1. The Labute approximate surface area is 211 Å². The minimum Gasteiger partial charge on any atom is -0.477 e. The van der Waals surface area contributed by atoms with Crippen molar-refractivity contribution >= 4 is 45.5 Å². The number of carbonyl (C=O) groups excluding carboxylic acids is 1. The second-order valence-electron chi connectivity index (χ2n) is 8.21. The van der Waals surface area contributed by atoms with Gasteiger partial charge in [0.25, 0.3) is 0 Å². The second kappa shape index (κ2) is 10.5. The Balaban J connectivity index is 1.54. The molecule has 1 aliphatic rings. The van der Waals surface area contributed by atoms with E-state index in [0.29, 0.717) is 34.9 Å². The molecule has 0 bridgehead atoms. The van der Waals surface area contributed by atoms with Gasteiger partial charge in [-0.2, -0.15) is 0 Å². The van der Waals surface area contributed by atoms with E-state index in [1.807, 2.05) is 36.4 Å². The molecule has 0 saturated heterocycles. The lowest BCUT2D eigenvalue weighted by molar-refractivity contribution is -0.135. The number of hydrogen-bond acceptors (Lipinski definition) is 3. The van der Waals surface area contributed by atoms with Gasteiger partial charge in [0.1, 0.15) is 17.2 Å². The van der Waals surface area contributed by atoms with Crippen LogP contribution in [0, 0.1) is 0 Å². The van der Waals surface area contributed by atoms with Gasteiger partial charge in [0.2, 0.25) is 5.91 Å². The molecule has 5 nitrogen and oxygen atoms in total. The number of carbonyl (C=O) groups is 2. The van der Waals surface area contributed by atoms with E-state index in [-0.39, 0.29) is 11.6 Å². The van der Waals surface area contributed by atoms with Crippen molar-refractivity contribution < 1.29 is 19.4 Å². The first-order valence-electron chi connectivity index (χ1n) is 10.9. The number of amides is 1. The number of carboxylic acid groups (broad SMARTS) is 1. The largest absolute Gasteiger partial charge is 0.477 e. The average Bonchev–Trinajstić information content (AvgIpc) is 3.33. The minimum atomic E-state index is -1.20. The smallest absolute Gasteiger partial charge is 0.352 e. The molecule has 1 amide bonds. The molecule has 3 aromatic carbocycles. The van der Waals surface area contributed by atoms with Crippen LogP contribution in [0.2, 0.25) is 5.02 Å². The van der Waals surface area contributed by atoms with Crippen molar-refractivity contribution in [3.05, 3.63) is 99.1 Å². The molecule has 0 aromatic heterocycles. The Bertz CT molecular complexity index is 1220. The molecule has 34 heavy (non-hydrogen) atoms. The molecule has 174 valence electrons. The summed E-state index contributed by atoms with van der Waals surface area (Å²) in [6, 6.07) is 21.7. The first-order chi connectivity index (χ1) is 16.4. The van der Waals surface area contributed by atoms with Crippen molar-refractivity contribution in [3.63, 3.8) is 0 Å². The van der Waals surface area contributed by atoms with Crippen LogP contribution < -0.4 is 10.1 Å². The predicted octanol–water partition coefficient (Wildman–Crippen LogP) is 6.95. The van der Waals surface area contributed by atoms with Gasteiger partial charge in [-0.15, -0.1) is 0 Å². The van der Waals surface area contributed by atoms with Crippen LogP contribution in [0.4, 0.5) is 0 Å². The SMILES string of the molecule is O=C(O)/C(=C/c1ccc(Oc2ccccc2Br)cc1)NC(=O)C1(c2ccc(Cl)cc2)CCCC1. The van der Waals surface area contributed by atoms with Crippen LogP contribution >= 0.6 is 27.5 Å². The molecule has 3 aromatic rings. The third kappa shape index (κ3) is 5.34. The van der Waals surface area contributed by atoms with Crippen molar-refractivity contribution in [3.8, 4) is 11.5 Å². The van der Waals surface area contributed by atoms with Crippen LogP contribution in [0.25, 0.3) is 6.08 Å². The number of carboxylic acids is 1. The van der Waals surface area contributed by atoms with Crippen LogP contribution in [0.15, 0.2) is 83.0 Å². The standard InChI is InChI=1S/C27H23BrClNO4/c28-22-5-1-2-6-24(22)34-21-13-7-18(8-14-21)17-23(25(31)32)30-26(33)27(15-3-4-16-27)19-9-11-20(29)12-10-19/h1-2,5-14,17H,3-4,15-16H2,(H,30,33)(H,31,32)/b23-17-. The fourth-order valence-corrected chi connectivity index (χ4v) is 4.73. The van der Waals surface area contributed by atoms with Gasteiger partial charge in [0.15, 0.2) is 0 Å². The molecule has 0 radical (unpaired) electrons. The molecule has 1 saturated carbocycles. The van der Waals surface area contributed by atoms with Crippen molar-refractivity contribution in [2.75, 3.05) is 0 Å². The van der Waals surface area contributed by atoms with E-state index >= 15 is 0 Å². The van der Waals surface area contributed by atoms with E-state index in [0.717, 1.165) is 22.9 Å². The van der Waals surface area contributed by atoms with Gasteiger partial charge in [-0.3, -0.25) is 4.79 Å². The van der Waals surface area contributed by atoms with Gasteiger partial charge in [0, 0.05) is 5.02 Å². The van der Waals surface area contributed by atoms with E-state index in [4.69, 9.17) is 16.3 Å². The highest BCUT2D eigenvalue weighted by Gasteiger charge is 2.43. The predicted molar refractivity (Wildman–Crippen MR) is 136 cm³/mol. The van der Waals surface area contributed by atoms with Crippen molar-refractivity contribution in [2.45, 2.75) is 31.1 Å². The Morgan fingerprint density at radius 3 is 2.24 bits per heavy atom. The molecular formula is C27H23BrClNO4. The van der Waals surface area contributed by atoms with Crippen LogP contribution in [-0.2, 0) is 15.0 Å². The molecule has 1 fully saturated rings. The van der Waals surface area contributed by atoms with Crippen molar-refractivity contribution in [1.29, 1.82) is 0 Å². The molecule has 0 heterocycles. The van der Waals surface area contributed by atoms with Gasteiger partial charge in [-0.1, -0.05) is 60.8 Å². The first-order valence-corrected chi connectivity index (χ1v) is 12.1. The number of rotatable bonds is 7. The maximum absolute atomic E-state index is 13.4. The average molecular weight is 541 g/mol. The zero-order valence-corrected chi connectivity index (χ0v) is 20.6. The molecule has 0 aliphatic heterocycles. The third-order valence-electron chi connectivity index (χ3n) is 6.02. The molecule has 0 atom stereocenters. The quantitative estimate of drug-likeness (QED) is 0.318.